The first-order chi connectivity index (χ1) is 15.3. The van der Waals surface area contributed by atoms with Gasteiger partial charge in [0, 0.05) is 0 Å². The lowest BCUT2D eigenvalue weighted by molar-refractivity contribution is 0.564. The van der Waals surface area contributed by atoms with E-state index in [0.29, 0.717) is 11.4 Å². The summed E-state index contributed by atoms with van der Waals surface area (Å²) in [5, 5.41) is 4.46. The van der Waals surface area contributed by atoms with E-state index in [1.807, 2.05) is 60.7 Å². The lowest BCUT2D eigenvalue weighted by Gasteiger charge is -2.34. The van der Waals surface area contributed by atoms with Crippen molar-refractivity contribution in [1.29, 1.82) is 0 Å². The number of hydrogen-bond donors (Lipinski definition) is 0. The van der Waals surface area contributed by atoms with Crippen molar-refractivity contribution in [3.63, 3.8) is 0 Å². The van der Waals surface area contributed by atoms with E-state index < -0.39 is 8.07 Å². The molecule has 4 rings (SSSR count). The van der Waals surface area contributed by atoms with Crippen LogP contribution in [0.5, 0.6) is 0 Å². The van der Waals surface area contributed by atoms with E-state index in [2.05, 4.69) is 46.4 Å². The fourth-order valence-electron chi connectivity index (χ4n) is 4.10. The van der Waals surface area contributed by atoms with Gasteiger partial charge in [0.05, 0.1) is 11.4 Å². The smallest absolute Gasteiger partial charge is 0.211 e. The molecule has 0 heterocycles. The first-order valence-electron chi connectivity index (χ1n) is 9.77. The Labute approximate surface area is 181 Å². The fraction of sp³-hybridized carbons (Fsp3) is 0. The van der Waals surface area contributed by atoms with Crippen LogP contribution < -0.4 is 20.7 Å². The molecule has 148 valence electrons. The van der Waals surface area contributed by atoms with Gasteiger partial charge in [0.25, 0.3) is 0 Å². The van der Waals surface area contributed by atoms with Crippen LogP contribution >= 0.6 is 0 Å². The van der Waals surface area contributed by atoms with E-state index in [-0.39, 0.29) is 0 Å². The SMILES string of the molecule is O=C=Nc1cccc([Si](c2ccccc2)(c2ccccc2)c2cccc(N=C=O)c2)c1. The van der Waals surface area contributed by atoms with E-state index in [9.17, 15) is 9.59 Å². The van der Waals surface area contributed by atoms with Crippen LogP contribution in [0.2, 0.25) is 0 Å². The second kappa shape index (κ2) is 9.12. The first kappa shape index (κ1) is 20.1. The minimum atomic E-state index is -2.80. The van der Waals surface area contributed by atoms with Crippen molar-refractivity contribution in [1.82, 2.24) is 0 Å². The van der Waals surface area contributed by atoms with E-state index in [4.69, 9.17) is 0 Å². The van der Waals surface area contributed by atoms with Crippen molar-refractivity contribution >= 4 is 52.4 Å². The van der Waals surface area contributed by atoms with Gasteiger partial charge >= 0.3 is 0 Å². The van der Waals surface area contributed by atoms with Crippen LogP contribution in [-0.4, -0.2) is 20.2 Å². The molecule has 0 N–H and O–H groups in total. The molecule has 0 unspecified atom stereocenters. The molecule has 5 heteroatoms. The maximum atomic E-state index is 10.9. The van der Waals surface area contributed by atoms with Crippen molar-refractivity contribution in [3.8, 4) is 0 Å². The summed E-state index contributed by atoms with van der Waals surface area (Å²) in [4.78, 5) is 29.6. The summed E-state index contributed by atoms with van der Waals surface area (Å²) < 4.78 is 0. The minimum Gasteiger partial charge on any atom is -0.211 e. The van der Waals surface area contributed by atoms with Crippen molar-refractivity contribution in [2.75, 3.05) is 0 Å². The summed E-state index contributed by atoms with van der Waals surface area (Å²) in [5.74, 6) is 0. The Morgan fingerprint density at radius 2 is 0.871 bits per heavy atom. The molecule has 0 aromatic heterocycles. The lowest BCUT2D eigenvalue weighted by atomic mass is 10.3. The Morgan fingerprint density at radius 3 is 1.26 bits per heavy atom. The largest absolute Gasteiger partial charge is 0.240 e. The monoisotopic (exact) mass is 418 g/mol. The maximum Gasteiger partial charge on any atom is 0.240 e. The van der Waals surface area contributed by atoms with Gasteiger partial charge in [-0.05, 0) is 45.0 Å². The predicted octanol–water partition coefficient (Wildman–Crippen LogP) is 3.00. The summed E-state index contributed by atoms with van der Waals surface area (Å²) >= 11 is 0. The molecule has 0 bridgehead atoms. The van der Waals surface area contributed by atoms with Gasteiger partial charge in [0.1, 0.15) is 0 Å². The average Bonchev–Trinajstić information content (AvgIpc) is 2.82. The Balaban J connectivity index is 2.15. The van der Waals surface area contributed by atoms with Crippen LogP contribution in [0.1, 0.15) is 0 Å². The van der Waals surface area contributed by atoms with Gasteiger partial charge in [-0.1, -0.05) is 84.9 Å². The van der Waals surface area contributed by atoms with E-state index in [0.717, 1.165) is 10.4 Å². The van der Waals surface area contributed by atoms with Crippen molar-refractivity contribution in [2.45, 2.75) is 0 Å². The van der Waals surface area contributed by atoms with Crippen LogP contribution in [0, 0.1) is 0 Å². The van der Waals surface area contributed by atoms with Gasteiger partial charge in [0.15, 0.2) is 8.07 Å². The van der Waals surface area contributed by atoms with Gasteiger partial charge in [-0.2, -0.15) is 9.98 Å². The number of hydrogen-bond acceptors (Lipinski definition) is 4. The van der Waals surface area contributed by atoms with E-state index in [1.54, 1.807) is 24.3 Å². The third kappa shape index (κ3) is 3.85. The zero-order chi connectivity index (χ0) is 21.5. The molecule has 4 nitrogen and oxygen atoms in total. The zero-order valence-electron chi connectivity index (χ0n) is 16.6. The number of rotatable bonds is 6. The quantitative estimate of drug-likeness (QED) is 0.209. The Kier molecular flexibility index (Phi) is 5.93. The predicted molar refractivity (Wildman–Crippen MR) is 126 cm³/mol. The molecule has 0 amide bonds. The van der Waals surface area contributed by atoms with Crippen molar-refractivity contribution < 1.29 is 9.59 Å². The molecular formula is C26H18N2O2Si. The van der Waals surface area contributed by atoms with E-state index in [1.165, 1.54) is 10.4 Å². The number of carbonyl (C=O) groups excluding carboxylic acids is 2. The fourth-order valence-corrected chi connectivity index (χ4v) is 8.91. The number of nitrogens with zero attached hydrogens (tertiary/aromatic N) is 2. The van der Waals surface area contributed by atoms with Gasteiger partial charge in [-0.25, -0.2) is 9.59 Å². The lowest BCUT2D eigenvalue weighted by Crippen LogP contribution is -2.74. The molecule has 31 heavy (non-hydrogen) atoms. The van der Waals surface area contributed by atoms with E-state index >= 15 is 0 Å². The molecule has 0 aliphatic heterocycles. The Morgan fingerprint density at radius 1 is 0.484 bits per heavy atom. The first-order valence-corrected chi connectivity index (χ1v) is 11.8. The Hall–Kier alpha value is -4.14. The molecule has 0 spiro atoms. The highest BCUT2D eigenvalue weighted by molar-refractivity contribution is 7.20. The standard InChI is InChI=1S/C26H18N2O2Si/c29-19-27-21-9-7-15-25(17-21)31(23-11-3-1-4-12-23,24-13-5-2-6-14-24)26-16-8-10-22(18-26)28-20-30/h1-18H. The molecule has 0 saturated heterocycles. The summed E-state index contributed by atoms with van der Waals surface area (Å²) in [6, 6.07) is 36.1. The van der Waals surface area contributed by atoms with Crippen molar-refractivity contribution in [2.24, 2.45) is 9.98 Å². The molecule has 0 aliphatic carbocycles. The third-order valence-electron chi connectivity index (χ3n) is 5.32. The second-order valence-corrected chi connectivity index (χ2v) is 10.8. The van der Waals surface area contributed by atoms with Crippen molar-refractivity contribution in [3.05, 3.63) is 109 Å². The molecule has 0 saturated carbocycles. The third-order valence-corrected chi connectivity index (χ3v) is 10.1. The van der Waals surface area contributed by atoms with Crippen LogP contribution in [0.3, 0.4) is 0 Å². The normalized spacial score (nSPS) is 10.6. The number of benzene rings is 4. The van der Waals surface area contributed by atoms with Gasteiger partial charge < -0.3 is 0 Å². The Bertz CT molecular complexity index is 1190. The van der Waals surface area contributed by atoms with Crippen LogP contribution in [-0.2, 0) is 9.59 Å². The molecule has 0 fully saturated rings. The minimum absolute atomic E-state index is 0.554. The maximum absolute atomic E-state index is 10.9. The van der Waals surface area contributed by atoms with Gasteiger partial charge in [0.2, 0.25) is 12.2 Å². The zero-order valence-corrected chi connectivity index (χ0v) is 17.6. The molecule has 4 aromatic rings. The van der Waals surface area contributed by atoms with Crippen LogP contribution in [0.25, 0.3) is 0 Å². The summed E-state index contributed by atoms with van der Waals surface area (Å²) in [5.41, 5.74) is 1.11. The highest BCUT2D eigenvalue weighted by atomic mass is 28.3. The van der Waals surface area contributed by atoms with Crippen LogP contribution in [0.15, 0.2) is 119 Å². The van der Waals surface area contributed by atoms with Crippen LogP contribution in [0.4, 0.5) is 11.4 Å². The highest BCUT2D eigenvalue weighted by Gasteiger charge is 2.41. The number of aliphatic imine (C=N–C) groups is 2. The topological polar surface area (TPSA) is 58.9 Å². The summed E-state index contributed by atoms with van der Waals surface area (Å²) in [6.07, 6.45) is 3.28. The molecule has 0 radical (unpaired) electrons. The average molecular weight is 419 g/mol. The second-order valence-electron chi connectivity index (χ2n) is 6.99. The highest BCUT2D eigenvalue weighted by Crippen LogP contribution is 2.16. The molecule has 0 aliphatic rings. The molecule has 0 atom stereocenters. The summed E-state index contributed by atoms with van der Waals surface area (Å²) in [7, 11) is -2.80. The molecule has 4 aromatic carbocycles. The molecular weight excluding hydrogens is 400 g/mol. The number of isocyanates is 2. The van der Waals surface area contributed by atoms with Gasteiger partial charge in [-0.3, -0.25) is 0 Å². The van der Waals surface area contributed by atoms with Gasteiger partial charge in [-0.15, -0.1) is 0 Å². The summed E-state index contributed by atoms with van der Waals surface area (Å²) in [6.45, 7) is 0.